The van der Waals surface area contributed by atoms with Gasteiger partial charge in [-0.2, -0.15) is 0 Å². The van der Waals surface area contributed by atoms with Gasteiger partial charge >= 0.3 is 0 Å². The van der Waals surface area contributed by atoms with Crippen molar-refractivity contribution in [1.82, 2.24) is 9.97 Å². The fourth-order valence-electron chi connectivity index (χ4n) is 1.11. The van der Waals surface area contributed by atoms with Crippen LogP contribution in [0, 0.1) is 12.8 Å². The molecule has 1 aromatic rings. The first kappa shape index (κ1) is 10.9. The summed E-state index contributed by atoms with van der Waals surface area (Å²) in [6.45, 7) is 7.25. The van der Waals surface area contributed by atoms with Crippen LogP contribution in [0.15, 0.2) is 6.07 Å². The third kappa shape index (κ3) is 3.70. The van der Waals surface area contributed by atoms with Gasteiger partial charge in [-0.3, -0.25) is 0 Å². The van der Waals surface area contributed by atoms with Crippen molar-refractivity contribution in [2.24, 2.45) is 5.92 Å². The van der Waals surface area contributed by atoms with Crippen LogP contribution in [0.25, 0.3) is 0 Å². The Bertz CT molecular complexity index is 279. The normalized spacial score (nSPS) is 10.9. The lowest BCUT2D eigenvalue weighted by molar-refractivity contribution is 0.0923. The number of hydrogen-bond donors (Lipinski definition) is 1. The molecule has 0 saturated carbocycles. The van der Waals surface area contributed by atoms with Crippen molar-refractivity contribution < 1.29 is 4.74 Å². The molecule has 2 N–H and O–H groups in total. The molecule has 4 heteroatoms. The smallest absolute Gasteiger partial charge is 0.156 e. The van der Waals surface area contributed by atoms with E-state index in [0.29, 0.717) is 24.2 Å². The topological polar surface area (TPSA) is 61.0 Å². The van der Waals surface area contributed by atoms with Crippen LogP contribution in [0.3, 0.4) is 0 Å². The summed E-state index contributed by atoms with van der Waals surface area (Å²) >= 11 is 0. The zero-order chi connectivity index (χ0) is 10.6. The van der Waals surface area contributed by atoms with Gasteiger partial charge in [0.05, 0.1) is 0 Å². The minimum atomic E-state index is 0.435. The molecule has 0 aromatic carbocycles. The maximum absolute atomic E-state index is 5.58. The van der Waals surface area contributed by atoms with Gasteiger partial charge in [-0.1, -0.05) is 13.8 Å². The summed E-state index contributed by atoms with van der Waals surface area (Å²) in [5.74, 6) is 1.68. The molecule has 0 amide bonds. The second-order valence-electron chi connectivity index (χ2n) is 3.76. The fourth-order valence-corrected chi connectivity index (χ4v) is 1.11. The summed E-state index contributed by atoms with van der Waals surface area (Å²) in [6.07, 6.45) is 0. The van der Waals surface area contributed by atoms with Crippen LogP contribution in [0.5, 0.6) is 0 Å². The van der Waals surface area contributed by atoms with E-state index in [1.807, 2.05) is 6.92 Å². The molecule has 1 rings (SSSR count). The Morgan fingerprint density at radius 3 is 2.71 bits per heavy atom. The predicted octanol–water partition coefficient (Wildman–Crippen LogP) is 1.54. The molecule has 14 heavy (non-hydrogen) atoms. The zero-order valence-corrected chi connectivity index (χ0v) is 8.95. The average molecular weight is 195 g/mol. The van der Waals surface area contributed by atoms with E-state index in [1.54, 1.807) is 6.07 Å². The molecule has 0 bridgehead atoms. The van der Waals surface area contributed by atoms with Crippen molar-refractivity contribution in [1.29, 1.82) is 0 Å². The second kappa shape index (κ2) is 4.91. The third-order valence-electron chi connectivity index (χ3n) is 1.60. The Hall–Kier alpha value is -1.16. The molecule has 0 aliphatic carbocycles. The maximum Gasteiger partial charge on any atom is 0.156 e. The summed E-state index contributed by atoms with van der Waals surface area (Å²) in [6, 6.07) is 1.74. The van der Waals surface area contributed by atoms with Gasteiger partial charge in [0.1, 0.15) is 12.4 Å². The Labute approximate surface area is 84.5 Å². The van der Waals surface area contributed by atoms with E-state index in [4.69, 9.17) is 10.5 Å². The summed E-state index contributed by atoms with van der Waals surface area (Å²) in [5.41, 5.74) is 6.46. The van der Waals surface area contributed by atoms with Crippen LogP contribution in [0.4, 0.5) is 5.82 Å². The fraction of sp³-hybridized carbons (Fsp3) is 0.600. The number of rotatable bonds is 4. The number of anilines is 1. The molecular formula is C10H17N3O. The van der Waals surface area contributed by atoms with Gasteiger partial charge in [0.25, 0.3) is 0 Å². The predicted molar refractivity (Wildman–Crippen MR) is 55.7 cm³/mol. The standard InChI is InChI=1S/C10H17N3O/c1-7(2)5-14-6-10-12-8(3)4-9(11)13-10/h4,7H,5-6H2,1-3H3,(H2,11,12,13). The number of hydrogen-bond acceptors (Lipinski definition) is 4. The van der Waals surface area contributed by atoms with Gasteiger partial charge in [0.2, 0.25) is 0 Å². The SMILES string of the molecule is Cc1cc(N)nc(COCC(C)C)n1. The first-order chi connectivity index (χ1) is 6.58. The highest BCUT2D eigenvalue weighted by molar-refractivity contribution is 5.28. The highest BCUT2D eigenvalue weighted by atomic mass is 16.5. The van der Waals surface area contributed by atoms with Crippen molar-refractivity contribution in [3.8, 4) is 0 Å². The van der Waals surface area contributed by atoms with Crippen LogP contribution in [-0.2, 0) is 11.3 Å². The molecular weight excluding hydrogens is 178 g/mol. The lowest BCUT2D eigenvalue weighted by Crippen LogP contribution is -2.06. The van der Waals surface area contributed by atoms with E-state index in [2.05, 4.69) is 23.8 Å². The van der Waals surface area contributed by atoms with E-state index in [9.17, 15) is 0 Å². The summed E-state index contributed by atoms with van der Waals surface area (Å²) in [4.78, 5) is 8.29. The monoisotopic (exact) mass is 195 g/mol. The molecule has 0 aliphatic rings. The number of ether oxygens (including phenoxy) is 1. The molecule has 0 radical (unpaired) electrons. The Kier molecular flexibility index (Phi) is 3.83. The van der Waals surface area contributed by atoms with Gasteiger partial charge in [0, 0.05) is 18.4 Å². The Balaban J connectivity index is 2.50. The van der Waals surface area contributed by atoms with Gasteiger partial charge < -0.3 is 10.5 Å². The molecule has 0 saturated heterocycles. The van der Waals surface area contributed by atoms with Crippen molar-refractivity contribution >= 4 is 5.82 Å². The molecule has 0 unspecified atom stereocenters. The maximum atomic E-state index is 5.58. The lowest BCUT2D eigenvalue weighted by atomic mass is 10.2. The first-order valence-electron chi connectivity index (χ1n) is 4.75. The van der Waals surface area contributed by atoms with Gasteiger partial charge in [-0.05, 0) is 12.8 Å². The van der Waals surface area contributed by atoms with E-state index >= 15 is 0 Å². The zero-order valence-electron chi connectivity index (χ0n) is 8.95. The van der Waals surface area contributed by atoms with Crippen LogP contribution in [0.2, 0.25) is 0 Å². The number of nitrogen functional groups attached to an aromatic ring is 1. The minimum absolute atomic E-state index is 0.435. The molecule has 78 valence electrons. The van der Waals surface area contributed by atoms with Crippen LogP contribution >= 0.6 is 0 Å². The molecule has 0 spiro atoms. The van der Waals surface area contributed by atoms with Gasteiger partial charge in [-0.15, -0.1) is 0 Å². The van der Waals surface area contributed by atoms with E-state index in [1.165, 1.54) is 0 Å². The number of aryl methyl sites for hydroxylation is 1. The Morgan fingerprint density at radius 1 is 1.43 bits per heavy atom. The third-order valence-corrected chi connectivity index (χ3v) is 1.60. The molecule has 0 aliphatic heterocycles. The number of nitrogens with two attached hydrogens (primary N) is 1. The van der Waals surface area contributed by atoms with E-state index in [0.717, 1.165) is 12.3 Å². The largest absolute Gasteiger partial charge is 0.384 e. The van der Waals surface area contributed by atoms with E-state index < -0.39 is 0 Å². The number of aromatic nitrogens is 2. The number of nitrogens with zero attached hydrogens (tertiary/aromatic N) is 2. The van der Waals surface area contributed by atoms with Crippen molar-refractivity contribution in [3.63, 3.8) is 0 Å². The average Bonchev–Trinajstić information content (AvgIpc) is 2.01. The van der Waals surface area contributed by atoms with Gasteiger partial charge in [0.15, 0.2) is 5.82 Å². The van der Waals surface area contributed by atoms with Crippen LogP contribution in [-0.4, -0.2) is 16.6 Å². The summed E-state index contributed by atoms with van der Waals surface area (Å²) < 4.78 is 5.41. The van der Waals surface area contributed by atoms with Gasteiger partial charge in [-0.25, -0.2) is 9.97 Å². The van der Waals surface area contributed by atoms with E-state index in [-0.39, 0.29) is 0 Å². The van der Waals surface area contributed by atoms with Crippen LogP contribution < -0.4 is 5.73 Å². The summed E-state index contributed by atoms with van der Waals surface area (Å²) in [5, 5.41) is 0. The molecule has 0 fully saturated rings. The highest BCUT2D eigenvalue weighted by Gasteiger charge is 2.00. The molecule has 1 aromatic heterocycles. The molecule has 0 atom stereocenters. The highest BCUT2D eigenvalue weighted by Crippen LogP contribution is 2.03. The minimum Gasteiger partial charge on any atom is -0.384 e. The van der Waals surface area contributed by atoms with Crippen LogP contribution in [0.1, 0.15) is 25.4 Å². The molecule has 4 nitrogen and oxygen atoms in total. The molecule has 1 heterocycles. The first-order valence-corrected chi connectivity index (χ1v) is 4.75. The van der Waals surface area contributed by atoms with Crippen molar-refractivity contribution in [3.05, 3.63) is 17.6 Å². The van der Waals surface area contributed by atoms with Crippen molar-refractivity contribution in [2.45, 2.75) is 27.4 Å². The lowest BCUT2D eigenvalue weighted by Gasteiger charge is -2.06. The quantitative estimate of drug-likeness (QED) is 0.791. The summed E-state index contributed by atoms with van der Waals surface area (Å²) in [7, 11) is 0. The second-order valence-corrected chi connectivity index (χ2v) is 3.76. The van der Waals surface area contributed by atoms with Crippen molar-refractivity contribution in [2.75, 3.05) is 12.3 Å². The Morgan fingerprint density at radius 2 is 2.14 bits per heavy atom.